The molecule has 5 heteroatoms. The summed E-state index contributed by atoms with van der Waals surface area (Å²) in [5, 5.41) is 18.9. The average Bonchev–Trinajstić information content (AvgIpc) is 2.26. The fourth-order valence-corrected chi connectivity index (χ4v) is 1.00. The quantitative estimate of drug-likeness (QED) is 0.574. The second-order valence-electron chi connectivity index (χ2n) is 2.74. The van der Waals surface area contributed by atoms with Crippen LogP contribution in [0.15, 0.2) is 30.0 Å². The molecular formula is C10H10NO4-. The molecule has 0 heterocycles. The van der Waals surface area contributed by atoms with Crippen molar-refractivity contribution in [2.75, 3.05) is 7.11 Å². The summed E-state index contributed by atoms with van der Waals surface area (Å²) in [5.41, 5.74) is 1.56. The summed E-state index contributed by atoms with van der Waals surface area (Å²) in [6.07, 6.45) is 1.24. The smallest absolute Gasteiger partial charge is 0.351 e. The zero-order valence-corrected chi connectivity index (χ0v) is 8.06. The van der Waals surface area contributed by atoms with Crippen LogP contribution in [0, 0.1) is 5.21 Å². The van der Waals surface area contributed by atoms with Crippen LogP contribution >= 0.6 is 0 Å². The van der Waals surface area contributed by atoms with Crippen LogP contribution in [0.3, 0.4) is 0 Å². The third kappa shape index (κ3) is 2.99. The molecule has 0 spiro atoms. The van der Waals surface area contributed by atoms with Crippen molar-refractivity contribution in [2.24, 2.45) is 0 Å². The maximum Gasteiger partial charge on any atom is 0.351 e. The highest BCUT2D eigenvalue weighted by Gasteiger charge is 2.01. The molecule has 0 aromatic heterocycles. The minimum atomic E-state index is -1.29. The second-order valence-corrected chi connectivity index (χ2v) is 2.74. The first-order valence-electron chi connectivity index (χ1n) is 4.14. The van der Waals surface area contributed by atoms with Gasteiger partial charge in [-0.3, -0.25) is 0 Å². The Morgan fingerprint density at radius 3 is 2.47 bits per heavy atom. The van der Waals surface area contributed by atoms with E-state index in [1.807, 2.05) is 0 Å². The highest BCUT2D eigenvalue weighted by Crippen LogP contribution is 2.13. The van der Waals surface area contributed by atoms with Crippen molar-refractivity contribution < 1.29 is 14.6 Å². The van der Waals surface area contributed by atoms with Crippen molar-refractivity contribution in [1.82, 2.24) is 5.48 Å². The van der Waals surface area contributed by atoms with Crippen LogP contribution < -0.4 is 10.2 Å². The predicted molar refractivity (Wildman–Crippen MR) is 55.1 cm³/mol. The van der Waals surface area contributed by atoms with Gasteiger partial charge >= 0.3 is 5.97 Å². The highest BCUT2D eigenvalue weighted by atomic mass is 16.5. The van der Waals surface area contributed by atoms with Gasteiger partial charge in [0.05, 0.1) is 7.11 Å². The van der Waals surface area contributed by atoms with E-state index in [1.165, 1.54) is 18.7 Å². The molecule has 0 aliphatic carbocycles. The van der Waals surface area contributed by atoms with Crippen molar-refractivity contribution in [1.29, 1.82) is 0 Å². The number of carbonyl (C=O) groups is 1. The maximum atomic E-state index is 10.5. The van der Waals surface area contributed by atoms with Gasteiger partial charge in [0.2, 0.25) is 0 Å². The summed E-state index contributed by atoms with van der Waals surface area (Å²) >= 11 is 0. The zero-order chi connectivity index (χ0) is 11.3. The molecule has 0 aliphatic rings. The molecular weight excluding hydrogens is 198 g/mol. The standard InChI is InChI=1S/C10H10NO4/c1-15-8-4-2-7(3-5-8)6-9(11-14)10(12)13/h2-6,11H,1H3,(H,12,13)/q-1. The molecule has 0 amide bonds. The first-order chi connectivity index (χ1) is 7.17. The van der Waals surface area contributed by atoms with E-state index in [0.717, 1.165) is 0 Å². The lowest BCUT2D eigenvalue weighted by Gasteiger charge is -2.09. The number of aliphatic carboxylic acids is 1. The Morgan fingerprint density at radius 2 is 2.07 bits per heavy atom. The number of hydrogen-bond acceptors (Lipinski definition) is 4. The van der Waals surface area contributed by atoms with Gasteiger partial charge in [-0.15, -0.1) is 0 Å². The van der Waals surface area contributed by atoms with Crippen molar-refractivity contribution in [3.05, 3.63) is 40.7 Å². The lowest BCUT2D eigenvalue weighted by atomic mass is 10.2. The van der Waals surface area contributed by atoms with Crippen LogP contribution in [0.4, 0.5) is 0 Å². The third-order valence-electron chi connectivity index (χ3n) is 1.77. The van der Waals surface area contributed by atoms with Gasteiger partial charge in [-0.25, -0.2) is 4.79 Å². The molecule has 1 aromatic rings. The molecule has 0 saturated carbocycles. The summed E-state index contributed by atoms with van der Waals surface area (Å²) in [6.45, 7) is 0. The van der Waals surface area contributed by atoms with Crippen LogP contribution in [-0.4, -0.2) is 18.2 Å². The Labute approximate surface area is 86.6 Å². The van der Waals surface area contributed by atoms with Gasteiger partial charge in [0.15, 0.2) is 0 Å². The van der Waals surface area contributed by atoms with Gasteiger partial charge in [0.25, 0.3) is 0 Å². The topological polar surface area (TPSA) is 81.6 Å². The monoisotopic (exact) mass is 208 g/mol. The Balaban J connectivity index is 2.92. The average molecular weight is 208 g/mol. The number of nitrogens with one attached hydrogen (secondary N) is 1. The molecule has 1 rings (SSSR count). The van der Waals surface area contributed by atoms with Gasteiger partial charge in [-0.2, -0.15) is 0 Å². The Bertz CT molecular complexity index is 370. The molecule has 0 aliphatic heterocycles. The van der Waals surface area contributed by atoms with E-state index in [2.05, 4.69) is 0 Å². The normalized spacial score (nSPS) is 10.9. The Kier molecular flexibility index (Phi) is 3.70. The van der Waals surface area contributed by atoms with Crippen molar-refractivity contribution in [2.45, 2.75) is 0 Å². The van der Waals surface area contributed by atoms with Gasteiger partial charge in [0.1, 0.15) is 11.4 Å². The number of ether oxygens (including phenoxy) is 1. The minimum absolute atomic E-state index is 0.403. The van der Waals surface area contributed by atoms with Crippen LogP contribution in [-0.2, 0) is 4.79 Å². The number of carboxylic acid groups (broad SMARTS) is 1. The van der Waals surface area contributed by atoms with E-state index in [4.69, 9.17) is 9.84 Å². The molecule has 80 valence electrons. The molecule has 0 unspecified atom stereocenters. The molecule has 0 saturated heterocycles. The van der Waals surface area contributed by atoms with Crippen LogP contribution in [0.2, 0.25) is 0 Å². The lowest BCUT2D eigenvalue weighted by Crippen LogP contribution is -2.13. The number of hydrogen-bond donors (Lipinski definition) is 2. The first kappa shape index (κ1) is 11.1. The number of rotatable bonds is 4. The molecule has 0 fully saturated rings. The molecule has 1 aromatic carbocycles. The molecule has 0 radical (unpaired) electrons. The van der Waals surface area contributed by atoms with Crippen LogP contribution in [0.1, 0.15) is 5.56 Å². The summed E-state index contributed by atoms with van der Waals surface area (Å²) in [6, 6.07) is 6.66. The second kappa shape index (κ2) is 5.02. The van der Waals surface area contributed by atoms with E-state index < -0.39 is 11.7 Å². The van der Waals surface area contributed by atoms with Gasteiger partial charge in [0, 0.05) is 0 Å². The Morgan fingerprint density at radius 1 is 1.47 bits per heavy atom. The fraction of sp³-hybridized carbons (Fsp3) is 0.100. The fourth-order valence-electron chi connectivity index (χ4n) is 1.00. The van der Waals surface area contributed by atoms with Crippen molar-refractivity contribution in [3.63, 3.8) is 0 Å². The molecule has 2 N–H and O–H groups in total. The number of benzene rings is 1. The van der Waals surface area contributed by atoms with E-state index in [-0.39, 0.29) is 0 Å². The van der Waals surface area contributed by atoms with Crippen molar-refractivity contribution >= 4 is 12.0 Å². The molecule has 0 atom stereocenters. The number of hydroxylamine groups is 1. The van der Waals surface area contributed by atoms with E-state index >= 15 is 0 Å². The largest absolute Gasteiger partial charge is 0.761 e. The summed E-state index contributed by atoms with van der Waals surface area (Å²) in [7, 11) is 1.53. The molecule has 5 nitrogen and oxygen atoms in total. The summed E-state index contributed by atoms with van der Waals surface area (Å²) in [5.74, 6) is -0.625. The van der Waals surface area contributed by atoms with Gasteiger partial charge in [-0.1, -0.05) is 12.1 Å². The highest BCUT2D eigenvalue weighted by molar-refractivity contribution is 5.91. The number of methoxy groups -OCH3 is 1. The lowest BCUT2D eigenvalue weighted by molar-refractivity contribution is -0.132. The summed E-state index contributed by atoms with van der Waals surface area (Å²) < 4.78 is 4.93. The number of carboxylic acids is 1. The molecule has 0 bridgehead atoms. The van der Waals surface area contributed by atoms with Crippen molar-refractivity contribution in [3.8, 4) is 5.75 Å². The van der Waals surface area contributed by atoms with Gasteiger partial charge in [-0.05, 0) is 23.8 Å². The van der Waals surface area contributed by atoms with Crippen LogP contribution in [0.5, 0.6) is 5.75 Å². The molecule has 15 heavy (non-hydrogen) atoms. The predicted octanol–water partition coefficient (Wildman–Crippen LogP) is 1.21. The van der Waals surface area contributed by atoms with E-state index in [0.29, 0.717) is 11.3 Å². The van der Waals surface area contributed by atoms with Crippen LogP contribution in [0.25, 0.3) is 6.08 Å². The van der Waals surface area contributed by atoms with Gasteiger partial charge < -0.3 is 20.5 Å². The first-order valence-corrected chi connectivity index (χ1v) is 4.14. The Hall–Kier alpha value is -2.01. The van der Waals surface area contributed by atoms with E-state index in [9.17, 15) is 10.0 Å². The summed E-state index contributed by atoms with van der Waals surface area (Å²) in [4.78, 5) is 10.5. The third-order valence-corrected chi connectivity index (χ3v) is 1.77. The zero-order valence-electron chi connectivity index (χ0n) is 8.06. The van der Waals surface area contributed by atoms with E-state index in [1.54, 1.807) is 24.3 Å². The SMILES string of the molecule is COc1ccc(C=C(N[O-])C(=O)O)cc1. The maximum absolute atomic E-state index is 10.5. The minimum Gasteiger partial charge on any atom is -0.761 e.